The van der Waals surface area contributed by atoms with Crippen LogP contribution in [0.4, 0.5) is 0 Å². The summed E-state index contributed by atoms with van der Waals surface area (Å²) in [6, 6.07) is 42.0. The Labute approximate surface area is 341 Å². The molecule has 0 aliphatic heterocycles. The van der Waals surface area contributed by atoms with E-state index in [9.17, 15) is 9.90 Å². The Bertz CT molecular complexity index is 2390. The number of aromatic hydroxyl groups is 1. The van der Waals surface area contributed by atoms with Gasteiger partial charge in [-0.25, -0.2) is 9.89 Å². The van der Waals surface area contributed by atoms with Crippen LogP contribution in [0.1, 0.15) is 43.7 Å². The highest BCUT2D eigenvalue weighted by Crippen LogP contribution is 2.30. The number of nitrogens with zero attached hydrogens (tertiary/aromatic N) is 3. The minimum atomic E-state index is -1.14. The topological polar surface area (TPSA) is 149 Å². The van der Waals surface area contributed by atoms with E-state index in [0.29, 0.717) is 36.9 Å². The largest absolute Gasteiger partial charge is 0.507 e. The predicted octanol–water partition coefficient (Wildman–Crippen LogP) is 9.36. The number of methoxy groups -OCH3 is 2. The Morgan fingerprint density at radius 1 is 0.638 bits per heavy atom. The number of halogens is 1. The number of carbonyl (C=O) groups is 1. The van der Waals surface area contributed by atoms with E-state index in [-0.39, 0.29) is 11.3 Å². The van der Waals surface area contributed by atoms with Crippen LogP contribution in [0.5, 0.6) is 28.7 Å². The van der Waals surface area contributed by atoms with Crippen LogP contribution in [0.15, 0.2) is 133 Å². The van der Waals surface area contributed by atoms with E-state index in [4.69, 9.17) is 35.7 Å². The molecule has 11 nitrogen and oxygen atoms in total. The van der Waals surface area contributed by atoms with Crippen molar-refractivity contribution in [3.05, 3.63) is 177 Å². The fraction of sp³-hybridized carbons (Fsp3) is 0.174. The van der Waals surface area contributed by atoms with Crippen molar-refractivity contribution in [2.75, 3.05) is 14.2 Å². The maximum Gasteiger partial charge on any atom is 0.339 e. The average Bonchev–Trinajstić information content (AvgIpc) is 3.80. The first-order valence-electron chi connectivity index (χ1n) is 18.5. The minimum absolute atomic E-state index is 0.1000. The molecule has 3 N–H and O–H groups in total. The van der Waals surface area contributed by atoms with Gasteiger partial charge in [0.05, 0.1) is 14.2 Å². The Hall–Kier alpha value is -6.85. The molecule has 58 heavy (non-hydrogen) atoms. The molecule has 0 amide bonds. The van der Waals surface area contributed by atoms with Crippen LogP contribution >= 0.6 is 11.6 Å². The summed E-state index contributed by atoms with van der Waals surface area (Å²) in [6.07, 6.45) is 2.83. The fourth-order valence-electron chi connectivity index (χ4n) is 6.22. The first-order chi connectivity index (χ1) is 28.3. The Kier molecular flexibility index (Phi) is 14.3. The lowest BCUT2D eigenvalue weighted by atomic mass is 10.0. The SMILES string of the molecule is COc1cc(-c2nnn[nH]2)ccc1CCc1cc(Cl)ccc1OCc1ccccc1.COc1ccc(OCc2ccccc2)c(CCc2ccc(C(=O)O)c(O)c2)c1. The molecule has 0 aliphatic carbocycles. The number of aromatic nitrogens is 4. The fourth-order valence-corrected chi connectivity index (χ4v) is 6.41. The summed E-state index contributed by atoms with van der Waals surface area (Å²) in [5.74, 6) is 2.38. The molecule has 0 bridgehead atoms. The van der Waals surface area contributed by atoms with Gasteiger partial charge in [0, 0.05) is 10.6 Å². The normalized spacial score (nSPS) is 10.6. The standard InChI is InChI=1S/C23H21ClN4O2.C23H22O5/c1-29-22-14-19(23-25-27-28-26-23)10-8-17(22)7-9-18-13-20(24)11-12-21(18)30-15-16-5-3-2-4-6-16;1-27-19-10-12-22(28-15-17-5-3-2-4-6-17)18(14-19)9-7-16-8-11-20(23(25)26)21(24)13-16/h2-6,8,10-14H,7,9,15H2,1H3,(H,25,26,27,28);2-6,8,10-14,24H,7,9,15H2,1H3,(H,25,26). The third-order valence-corrected chi connectivity index (χ3v) is 9.54. The molecule has 6 aromatic carbocycles. The average molecular weight is 799 g/mol. The number of H-pyrrole nitrogens is 1. The summed E-state index contributed by atoms with van der Waals surface area (Å²) in [6.45, 7) is 0.979. The number of phenols is 1. The van der Waals surface area contributed by atoms with Crippen molar-refractivity contribution >= 4 is 17.6 Å². The van der Waals surface area contributed by atoms with Crippen molar-refractivity contribution in [2.45, 2.75) is 38.9 Å². The Balaban J connectivity index is 0.000000196. The zero-order valence-electron chi connectivity index (χ0n) is 32.1. The Morgan fingerprint density at radius 3 is 1.88 bits per heavy atom. The van der Waals surface area contributed by atoms with E-state index >= 15 is 0 Å². The number of aryl methyl sites for hydroxylation is 4. The number of carboxylic acids is 1. The summed E-state index contributed by atoms with van der Waals surface area (Å²) >= 11 is 6.25. The number of aromatic carboxylic acids is 1. The molecule has 0 radical (unpaired) electrons. The van der Waals surface area contributed by atoms with Crippen LogP contribution in [0.3, 0.4) is 0 Å². The van der Waals surface area contributed by atoms with E-state index in [1.165, 1.54) is 12.1 Å². The van der Waals surface area contributed by atoms with Crippen LogP contribution in [-0.2, 0) is 38.9 Å². The molecule has 0 saturated carbocycles. The number of aromatic amines is 1. The van der Waals surface area contributed by atoms with Gasteiger partial charge in [0.1, 0.15) is 47.5 Å². The lowest BCUT2D eigenvalue weighted by molar-refractivity contribution is 0.0693. The van der Waals surface area contributed by atoms with Gasteiger partial charge in [-0.3, -0.25) is 0 Å². The number of benzene rings is 6. The number of ether oxygens (including phenoxy) is 4. The van der Waals surface area contributed by atoms with Crippen molar-refractivity contribution in [3.8, 4) is 40.1 Å². The maximum atomic E-state index is 11.0. The van der Waals surface area contributed by atoms with Gasteiger partial charge in [-0.15, -0.1) is 5.10 Å². The molecule has 1 aromatic heterocycles. The Morgan fingerprint density at radius 2 is 1.28 bits per heavy atom. The van der Waals surface area contributed by atoms with Crippen LogP contribution in [0.25, 0.3) is 11.4 Å². The first kappa shape index (κ1) is 40.8. The lowest BCUT2D eigenvalue weighted by Gasteiger charge is -2.14. The third kappa shape index (κ3) is 11.4. The highest BCUT2D eigenvalue weighted by Gasteiger charge is 2.13. The van der Waals surface area contributed by atoms with Crippen LogP contribution in [0.2, 0.25) is 5.02 Å². The van der Waals surface area contributed by atoms with Gasteiger partial charge < -0.3 is 29.2 Å². The molecule has 0 aliphatic rings. The van der Waals surface area contributed by atoms with E-state index in [1.54, 1.807) is 20.3 Å². The molecule has 7 aromatic rings. The number of nitrogens with one attached hydrogen (secondary N) is 1. The van der Waals surface area contributed by atoms with Gasteiger partial charge >= 0.3 is 5.97 Å². The summed E-state index contributed by atoms with van der Waals surface area (Å²) in [5.41, 5.74) is 6.95. The van der Waals surface area contributed by atoms with Crippen molar-refractivity contribution in [3.63, 3.8) is 0 Å². The number of rotatable bonds is 16. The molecule has 12 heteroatoms. The lowest BCUT2D eigenvalue weighted by Crippen LogP contribution is -2.01. The van der Waals surface area contributed by atoms with Crippen molar-refractivity contribution in [1.29, 1.82) is 0 Å². The molecule has 0 unspecified atom stereocenters. The minimum Gasteiger partial charge on any atom is -0.507 e. The van der Waals surface area contributed by atoms with Gasteiger partial charge in [0.25, 0.3) is 0 Å². The monoisotopic (exact) mass is 798 g/mol. The van der Waals surface area contributed by atoms with E-state index in [1.807, 2.05) is 115 Å². The second kappa shape index (κ2) is 20.4. The second-order valence-electron chi connectivity index (χ2n) is 13.2. The number of hydrogen-bond donors (Lipinski definition) is 3. The first-order valence-corrected chi connectivity index (χ1v) is 18.9. The van der Waals surface area contributed by atoms with Crippen molar-refractivity contribution in [1.82, 2.24) is 20.6 Å². The molecular formula is C46H43ClN4O7. The molecule has 0 spiro atoms. The summed E-state index contributed by atoms with van der Waals surface area (Å²) in [4.78, 5) is 11.0. The van der Waals surface area contributed by atoms with E-state index in [2.05, 4.69) is 20.6 Å². The highest BCUT2D eigenvalue weighted by molar-refractivity contribution is 6.30. The molecule has 7 rings (SSSR count). The number of tetrazole rings is 1. The van der Waals surface area contributed by atoms with Gasteiger partial charge in [0.15, 0.2) is 5.82 Å². The molecule has 296 valence electrons. The van der Waals surface area contributed by atoms with Crippen LogP contribution < -0.4 is 18.9 Å². The van der Waals surface area contributed by atoms with Crippen LogP contribution in [-0.4, -0.2) is 51.0 Å². The highest BCUT2D eigenvalue weighted by atomic mass is 35.5. The third-order valence-electron chi connectivity index (χ3n) is 9.31. The molecule has 0 fully saturated rings. The van der Waals surface area contributed by atoms with Gasteiger partial charge in [0.2, 0.25) is 0 Å². The van der Waals surface area contributed by atoms with E-state index in [0.717, 1.165) is 74.8 Å². The van der Waals surface area contributed by atoms with Gasteiger partial charge in [-0.2, -0.15) is 0 Å². The van der Waals surface area contributed by atoms with Gasteiger partial charge in [-0.05, 0) is 124 Å². The van der Waals surface area contributed by atoms with Crippen molar-refractivity contribution in [2.24, 2.45) is 0 Å². The molecular weight excluding hydrogens is 756 g/mol. The van der Waals surface area contributed by atoms with Crippen molar-refractivity contribution < 1.29 is 34.0 Å². The summed E-state index contributed by atoms with van der Waals surface area (Å²) in [7, 11) is 3.28. The zero-order valence-corrected chi connectivity index (χ0v) is 32.9. The number of carboxylic acid groups (broad SMARTS) is 1. The molecule has 1 heterocycles. The van der Waals surface area contributed by atoms with Gasteiger partial charge in [-0.1, -0.05) is 90.5 Å². The van der Waals surface area contributed by atoms with E-state index < -0.39 is 5.97 Å². The maximum absolute atomic E-state index is 11.0. The molecule has 0 saturated heterocycles. The zero-order chi connectivity index (χ0) is 40.7. The smallest absolute Gasteiger partial charge is 0.339 e. The number of hydrogen-bond acceptors (Lipinski definition) is 9. The summed E-state index contributed by atoms with van der Waals surface area (Å²) in [5, 5.41) is 33.5. The summed E-state index contributed by atoms with van der Waals surface area (Å²) < 4.78 is 23.0. The quantitative estimate of drug-likeness (QED) is 0.0864. The molecule has 0 atom stereocenters. The second-order valence-corrected chi connectivity index (χ2v) is 13.6. The van der Waals surface area contributed by atoms with Crippen LogP contribution in [0, 0.1) is 0 Å². The predicted molar refractivity (Wildman–Crippen MR) is 222 cm³/mol.